The van der Waals surface area contributed by atoms with Crippen LogP contribution < -0.4 is 5.32 Å². The first kappa shape index (κ1) is 18.8. The highest BCUT2D eigenvalue weighted by Gasteiger charge is 2.39. The second-order valence-corrected chi connectivity index (χ2v) is 8.66. The molecule has 1 amide bonds. The van der Waals surface area contributed by atoms with Crippen LogP contribution in [0.15, 0.2) is 54.3 Å². The summed E-state index contributed by atoms with van der Waals surface area (Å²) in [4.78, 5) is 30.1. The zero-order chi connectivity index (χ0) is 20.7. The summed E-state index contributed by atoms with van der Waals surface area (Å²) < 4.78 is 6.69. The van der Waals surface area contributed by atoms with Gasteiger partial charge in [0.05, 0.1) is 28.0 Å². The minimum atomic E-state index is -0.495. The smallest absolute Gasteiger partial charge is 0.262 e. The number of amides is 1. The SMILES string of the molecule is O=C(Nc1ccc(O)c(-c2nc3ccccc3s2)c1)C1=COC2CCCCC2C1=O. The van der Waals surface area contributed by atoms with Gasteiger partial charge in [0.2, 0.25) is 0 Å². The number of thiazole rings is 1. The monoisotopic (exact) mass is 420 g/mol. The van der Waals surface area contributed by atoms with E-state index >= 15 is 0 Å². The van der Waals surface area contributed by atoms with Gasteiger partial charge in [-0.2, -0.15) is 0 Å². The molecule has 0 bridgehead atoms. The van der Waals surface area contributed by atoms with Crippen LogP contribution in [0, 0.1) is 5.92 Å². The Kier molecular flexibility index (Phi) is 4.75. The Hall–Kier alpha value is -3.19. The molecular formula is C23H20N2O4S. The molecule has 7 heteroatoms. The van der Waals surface area contributed by atoms with Crippen LogP contribution in [0.3, 0.4) is 0 Å². The van der Waals surface area contributed by atoms with E-state index in [0.29, 0.717) is 16.3 Å². The van der Waals surface area contributed by atoms with E-state index in [1.807, 2.05) is 24.3 Å². The van der Waals surface area contributed by atoms with Gasteiger partial charge in [-0.15, -0.1) is 11.3 Å². The van der Waals surface area contributed by atoms with Crippen LogP contribution in [0.1, 0.15) is 25.7 Å². The van der Waals surface area contributed by atoms with E-state index in [4.69, 9.17) is 4.74 Å². The van der Waals surface area contributed by atoms with Crippen molar-refractivity contribution in [1.82, 2.24) is 4.98 Å². The highest BCUT2D eigenvalue weighted by atomic mass is 32.1. The predicted molar refractivity (Wildman–Crippen MR) is 115 cm³/mol. The van der Waals surface area contributed by atoms with Crippen molar-refractivity contribution in [3.05, 3.63) is 54.3 Å². The third-order valence-corrected chi connectivity index (χ3v) is 6.76. The van der Waals surface area contributed by atoms with Crippen molar-refractivity contribution in [2.45, 2.75) is 31.8 Å². The fourth-order valence-electron chi connectivity index (χ4n) is 4.11. The Balaban J connectivity index is 1.40. The van der Waals surface area contributed by atoms with Gasteiger partial charge in [0, 0.05) is 5.69 Å². The summed E-state index contributed by atoms with van der Waals surface area (Å²) in [6, 6.07) is 12.5. The maximum absolute atomic E-state index is 12.8. The number of hydrogen-bond acceptors (Lipinski definition) is 6. The summed E-state index contributed by atoms with van der Waals surface area (Å²) in [6.45, 7) is 0. The minimum absolute atomic E-state index is 0.0489. The maximum atomic E-state index is 12.8. The number of aromatic hydroxyl groups is 1. The zero-order valence-corrected chi connectivity index (χ0v) is 16.9. The quantitative estimate of drug-likeness (QED) is 0.476. The molecule has 1 fully saturated rings. The highest BCUT2D eigenvalue weighted by molar-refractivity contribution is 7.21. The van der Waals surface area contributed by atoms with Gasteiger partial charge in [-0.25, -0.2) is 4.98 Å². The molecule has 3 aromatic rings. The van der Waals surface area contributed by atoms with Gasteiger partial charge in [0.25, 0.3) is 5.91 Å². The molecule has 2 unspecified atom stereocenters. The summed E-state index contributed by atoms with van der Waals surface area (Å²) in [6.07, 6.45) is 4.84. The number of fused-ring (bicyclic) bond motifs is 2. The lowest BCUT2D eigenvalue weighted by Crippen LogP contribution is -2.39. The molecule has 1 saturated carbocycles. The zero-order valence-electron chi connectivity index (χ0n) is 16.1. The average Bonchev–Trinajstić information content (AvgIpc) is 3.19. The van der Waals surface area contributed by atoms with Crippen LogP contribution in [-0.2, 0) is 14.3 Å². The molecule has 0 spiro atoms. The van der Waals surface area contributed by atoms with Crippen molar-refractivity contribution in [2.75, 3.05) is 5.32 Å². The number of phenolic OH excluding ortho intramolecular Hbond substituents is 1. The summed E-state index contributed by atoms with van der Waals surface area (Å²) in [5.41, 5.74) is 1.91. The Bertz CT molecular complexity index is 1150. The van der Waals surface area contributed by atoms with Crippen LogP contribution in [0.2, 0.25) is 0 Å². The molecule has 2 aliphatic rings. The number of rotatable bonds is 3. The molecule has 6 nitrogen and oxygen atoms in total. The number of aromatic nitrogens is 1. The van der Waals surface area contributed by atoms with E-state index in [1.54, 1.807) is 12.1 Å². The third kappa shape index (κ3) is 3.35. The molecule has 2 N–H and O–H groups in total. The van der Waals surface area contributed by atoms with Crippen molar-refractivity contribution >= 4 is 38.9 Å². The second-order valence-electron chi connectivity index (χ2n) is 7.63. The molecule has 30 heavy (non-hydrogen) atoms. The molecule has 152 valence electrons. The van der Waals surface area contributed by atoms with E-state index < -0.39 is 5.91 Å². The van der Waals surface area contributed by atoms with Crippen molar-refractivity contribution in [1.29, 1.82) is 0 Å². The number of carbonyl (C=O) groups is 2. The van der Waals surface area contributed by atoms with E-state index in [2.05, 4.69) is 10.3 Å². The minimum Gasteiger partial charge on any atom is -0.507 e. The number of hydrogen-bond donors (Lipinski definition) is 2. The van der Waals surface area contributed by atoms with Crippen molar-refractivity contribution in [3.63, 3.8) is 0 Å². The normalized spacial score (nSPS) is 20.9. The summed E-state index contributed by atoms with van der Waals surface area (Å²) in [7, 11) is 0. The number of nitrogens with zero attached hydrogens (tertiary/aromatic N) is 1. The molecule has 5 rings (SSSR count). The van der Waals surface area contributed by atoms with Gasteiger partial charge >= 0.3 is 0 Å². The maximum Gasteiger partial charge on any atom is 0.262 e. The Morgan fingerprint density at radius 1 is 1.17 bits per heavy atom. The third-order valence-electron chi connectivity index (χ3n) is 5.69. The van der Waals surface area contributed by atoms with Gasteiger partial charge in [0.1, 0.15) is 22.4 Å². The number of anilines is 1. The van der Waals surface area contributed by atoms with Gasteiger partial charge in [0.15, 0.2) is 5.78 Å². The lowest BCUT2D eigenvalue weighted by Gasteiger charge is -2.33. The van der Waals surface area contributed by atoms with E-state index in [9.17, 15) is 14.7 Å². The number of ether oxygens (including phenoxy) is 1. The number of phenols is 1. The first-order chi connectivity index (χ1) is 14.6. The van der Waals surface area contributed by atoms with Crippen LogP contribution in [0.25, 0.3) is 20.8 Å². The lowest BCUT2D eigenvalue weighted by atomic mass is 9.80. The van der Waals surface area contributed by atoms with E-state index in [-0.39, 0.29) is 29.1 Å². The number of Topliss-reactive ketones (excluding diaryl/α,β-unsaturated/α-hetero) is 1. The highest BCUT2D eigenvalue weighted by Crippen LogP contribution is 2.37. The summed E-state index contributed by atoms with van der Waals surface area (Å²) >= 11 is 1.46. The second kappa shape index (κ2) is 7.57. The van der Waals surface area contributed by atoms with Gasteiger partial charge in [-0.1, -0.05) is 18.6 Å². The van der Waals surface area contributed by atoms with Crippen molar-refractivity contribution in [3.8, 4) is 16.3 Å². The molecular weight excluding hydrogens is 400 g/mol. The Labute approximate surface area is 177 Å². The standard InChI is InChI=1S/C23H20N2O4S/c26-18-10-9-13(11-15(18)23-25-17-6-2-4-8-20(17)30-23)24-22(28)16-12-29-19-7-3-1-5-14(19)21(16)27/h2,4,6,8-12,14,19,26H,1,3,5,7H2,(H,24,28). The molecule has 1 aliphatic heterocycles. The molecule has 1 aromatic heterocycles. The van der Waals surface area contributed by atoms with Crippen LogP contribution in [0.4, 0.5) is 5.69 Å². The van der Waals surface area contributed by atoms with Gasteiger partial charge in [-0.05, 0) is 49.6 Å². The van der Waals surface area contributed by atoms with Crippen LogP contribution >= 0.6 is 11.3 Å². The van der Waals surface area contributed by atoms with E-state index in [0.717, 1.165) is 35.9 Å². The average molecular weight is 420 g/mol. The largest absolute Gasteiger partial charge is 0.507 e. The molecule has 0 radical (unpaired) electrons. The van der Waals surface area contributed by atoms with Crippen molar-refractivity contribution < 1.29 is 19.4 Å². The summed E-state index contributed by atoms with van der Waals surface area (Å²) in [5.74, 6) is -0.797. The number of para-hydroxylation sites is 1. The molecule has 2 heterocycles. The number of carbonyl (C=O) groups excluding carboxylic acids is 2. The van der Waals surface area contributed by atoms with Crippen LogP contribution in [0.5, 0.6) is 5.75 Å². The number of nitrogens with one attached hydrogen (secondary N) is 1. The first-order valence-corrected chi connectivity index (χ1v) is 10.8. The lowest BCUT2D eigenvalue weighted by molar-refractivity contribution is -0.129. The first-order valence-electron chi connectivity index (χ1n) is 10.0. The molecule has 2 atom stereocenters. The Morgan fingerprint density at radius 3 is 2.87 bits per heavy atom. The number of ketones is 1. The summed E-state index contributed by atoms with van der Waals surface area (Å²) in [5, 5.41) is 13.8. The van der Waals surface area contributed by atoms with Crippen LogP contribution in [-0.4, -0.2) is 27.9 Å². The fraction of sp³-hybridized carbons (Fsp3) is 0.261. The topological polar surface area (TPSA) is 88.5 Å². The fourth-order valence-corrected chi connectivity index (χ4v) is 5.10. The van der Waals surface area contributed by atoms with Gasteiger partial charge in [-0.3, -0.25) is 9.59 Å². The molecule has 2 aromatic carbocycles. The van der Waals surface area contributed by atoms with Crippen molar-refractivity contribution in [2.24, 2.45) is 5.92 Å². The molecule has 0 saturated heterocycles. The Morgan fingerprint density at radius 2 is 2.00 bits per heavy atom. The predicted octanol–water partition coefficient (Wildman–Crippen LogP) is 4.65. The van der Waals surface area contributed by atoms with Gasteiger partial charge < -0.3 is 15.2 Å². The van der Waals surface area contributed by atoms with E-state index in [1.165, 1.54) is 23.7 Å². The number of benzene rings is 2. The molecule has 1 aliphatic carbocycles.